The highest BCUT2D eigenvalue weighted by Crippen LogP contribution is 2.27. The number of aromatic nitrogens is 1. The minimum absolute atomic E-state index is 0.147. The van der Waals surface area contributed by atoms with Crippen molar-refractivity contribution in [1.82, 2.24) is 4.40 Å². The lowest BCUT2D eigenvalue weighted by molar-refractivity contribution is 0.0529. The van der Waals surface area contributed by atoms with Crippen LogP contribution in [0.2, 0.25) is 0 Å². The number of hydrogen-bond acceptors (Lipinski definition) is 3. The average Bonchev–Trinajstić information content (AvgIpc) is 3.25. The maximum Gasteiger partial charge on any atom is 0.340 e. The van der Waals surface area contributed by atoms with Crippen molar-refractivity contribution >= 4 is 28.2 Å². The summed E-state index contributed by atoms with van der Waals surface area (Å²) in [5.41, 5.74) is 5.05. The molecule has 0 aliphatic carbocycles. The zero-order valence-corrected chi connectivity index (χ0v) is 17.6. The van der Waals surface area contributed by atoms with Crippen molar-refractivity contribution in [3.8, 4) is 11.1 Å². The van der Waals surface area contributed by atoms with E-state index in [1.165, 1.54) is 0 Å². The Bertz CT molecular complexity index is 1450. The smallest absolute Gasteiger partial charge is 0.340 e. The number of carbonyl (C=O) groups is 2. The van der Waals surface area contributed by atoms with Gasteiger partial charge in [-0.3, -0.25) is 4.79 Å². The van der Waals surface area contributed by atoms with Gasteiger partial charge in [0.2, 0.25) is 5.78 Å². The molecule has 0 aliphatic heterocycles. The Morgan fingerprint density at radius 3 is 2.19 bits per heavy atom. The first kappa shape index (κ1) is 19.8. The molecule has 0 saturated heterocycles. The van der Waals surface area contributed by atoms with Gasteiger partial charge in [-0.2, -0.15) is 0 Å². The molecule has 0 N–H and O–H groups in total. The minimum Gasteiger partial charge on any atom is -0.462 e. The first-order valence-corrected chi connectivity index (χ1v) is 10.6. The van der Waals surface area contributed by atoms with Crippen molar-refractivity contribution in [2.24, 2.45) is 0 Å². The van der Waals surface area contributed by atoms with Gasteiger partial charge < -0.3 is 9.14 Å². The maximum absolute atomic E-state index is 13.6. The number of para-hydroxylation sites is 1. The molecule has 0 saturated carbocycles. The summed E-state index contributed by atoms with van der Waals surface area (Å²) in [6, 6.07) is 30.9. The zero-order chi connectivity index (χ0) is 22.1. The van der Waals surface area contributed by atoms with E-state index in [9.17, 15) is 9.59 Å². The molecule has 156 valence electrons. The molecule has 32 heavy (non-hydrogen) atoms. The van der Waals surface area contributed by atoms with Crippen molar-refractivity contribution in [2.45, 2.75) is 6.92 Å². The van der Waals surface area contributed by atoms with E-state index in [0.29, 0.717) is 22.3 Å². The van der Waals surface area contributed by atoms with Crippen LogP contribution in [0.1, 0.15) is 33.3 Å². The average molecular weight is 419 g/mol. The van der Waals surface area contributed by atoms with Gasteiger partial charge in [-0.25, -0.2) is 4.79 Å². The predicted octanol–water partition coefficient (Wildman–Crippen LogP) is 6.17. The van der Waals surface area contributed by atoms with E-state index in [2.05, 4.69) is 0 Å². The van der Waals surface area contributed by atoms with E-state index in [1.54, 1.807) is 13.0 Å². The Balaban J connectivity index is 1.65. The van der Waals surface area contributed by atoms with Gasteiger partial charge >= 0.3 is 5.97 Å². The molecule has 0 spiro atoms. The second-order valence-corrected chi connectivity index (χ2v) is 7.55. The molecule has 3 aromatic carbocycles. The highest BCUT2D eigenvalue weighted by molar-refractivity contribution is 6.12. The zero-order valence-electron chi connectivity index (χ0n) is 17.6. The Labute approximate surface area is 185 Å². The van der Waals surface area contributed by atoms with Gasteiger partial charge in [-0.1, -0.05) is 78.9 Å². The van der Waals surface area contributed by atoms with Gasteiger partial charge in [0.1, 0.15) is 0 Å². The molecule has 0 bridgehead atoms. The first-order valence-electron chi connectivity index (χ1n) is 10.6. The maximum atomic E-state index is 13.6. The van der Waals surface area contributed by atoms with Crippen molar-refractivity contribution in [3.05, 3.63) is 114 Å². The van der Waals surface area contributed by atoms with Crippen LogP contribution >= 0.6 is 0 Å². The van der Waals surface area contributed by atoms with Crippen LogP contribution in [-0.2, 0) is 4.74 Å². The van der Waals surface area contributed by atoms with Gasteiger partial charge in [0.05, 0.1) is 28.9 Å². The molecule has 0 unspecified atom stereocenters. The fraction of sp³-hybridized carbons (Fsp3) is 0.0714. The minimum atomic E-state index is -0.432. The number of hydrogen-bond donors (Lipinski definition) is 0. The normalized spacial score (nSPS) is 11.0. The number of fused-ring (bicyclic) bond motifs is 3. The lowest BCUT2D eigenvalue weighted by atomic mass is 10.0. The lowest BCUT2D eigenvalue weighted by Crippen LogP contribution is -2.05. The summed E-state index contributed by atoms with van der Waals surface area (Å²) < 4.78 is 7.10. The van der Waals surface area contributed by atoms with Crippen molar-refractivity contribution in [3.63, 3.8) is 0 Å². The van der Waals surface area contributed by atoms with Gasteiger partial charge in [0.25, 0.3) is 0 Å². The number of carbonyl (C=O) groups excluding carboxylic acids is 2. The van der Waals surface area contributed by atoms with Crippen LogP contribution in [0.3, 0.4) is 0 Å². The quantitative estimate of drug-likeness (QED) is 0.253. The van der Waals surface area contributed by atoms with Crippen LogP contribution in [0.25, 0.3) is 27.5 Å². The molecule has 5 aromatic rings. The monoisotopic (exact) mass is 419 g/mol. The topological polar surface area (TPSA) is 47.8 Å². The van der Waals surface area contributed by atoms with Crippen LogP contribution in [0, 0.1) is 0 Å². The summed E-state index contributed by atoms with van der Waals surface area (Å²) in [6.45, 7) is 2.04. The molecule has 2 heterocycles. The predicted molar refractivity (Wildman–Crippen MR) is 126 cm³/mol. The SMILES string of the molecule is CCOC(=O)c1cc(C(=O)c2ccc(-c3ccccc3)cc2)n2c1ccc1ccccc12. The third kappa shape index (κ3) is 3.36. The molecule has 2 aromatic heterocycles. The van der Waals surface area contributed by atoms with Crippen LogP contribution in [0.5, 0.6) is 0 Å². The van der Waals surface area contributed by atoms with Gasteiger partial charge in [0, 0.05) is 5.56 Å². The van der Waals surface area contributed by atoms with Crippen LogP contribution in [-0.4, -0.2) is 22.8 Å². The summed E-state index contributed by atoms with van der Waals surface area (Å²) >= 11 is 0. The molecule has 0 amide bonds. The van der Waals surface area contributed by atoms with E-state index in [4.69, 9.17) is 4.74 Å². The molecule has 0 radical (unpaired) electrons. The van der Waals surface area contributed by atoms with Gasteiger partial charge in [0.15, 0.2) is 0 Å². The number of ketones is 1. The highest BCUT2D eigenvalue weighted by atomic mass is 16.5. The fourth-order valence-corrected chi connectivity index (χ4v) is 4.08. The summed E-state index contributed by atoms with van der Waals surface area (Å²) in [5.74, 6) is -0.578. The van der Waals surface area contributed by atoms with Crippen LogP contribution in [0.15, 0.2) is 97.1 Å². The molecule has 0 fully saturated rings. The summed E-state index contributed by atoms with van der Waals surface area (Å²) in [6.07, 6.45) is 0. The molecule has 0 aliphatic rings. The number of esters is 1. The van der Waals surface area contributed by atoms with E-state index < -0.39 is 5.97 Å². The Morgan fingerprint density at radius 2 is 1.44 bits per heavy atom. The Hall–Kier alpha value is -4.18. The molecule has 5 rings (SSSR count). The third-order valence-electron chi connectivity index (χ3n) is 5.62. The van der Waals surface area contributed by atoms with E-state index >= 15 is 0 Å². The number of rotatable bonds is 5. The first-order chi connectivity index (χ1) is 15.7. The number of benzene rings is 3. The largest absolute Gasteiger partial charge is 0.462 e. The summed E-state index contributed by atoms with van der Waals surface area (Å²) in [7, 11) is 0. The highest BCUT2D eigenvalue weighted by Gasteiger charge is 2.22. The Kier molecular flexibility index (Phi) is 5.04. The Morgan fingerprint density at radius 1 is 0.750 bits per heavy atom. The number of nitrogens with zero attached hydrogens (tertiary/aromatic N) is 1. The molecular formula is C28H21NO3. The van der Waals surface area contributed by atoms with E-state index in [0.717, 1.165) is 22.0 Å². The van der Waals surface area contributed by atoms with Crippen LogP contribution in [0.4, 0.5) is 0 Å². The summed E-state index contributed by atoms with van der Waals surface area (Å²) in [5, 5.41) is 0.986. The summed E-state index contributed by atoms with van der Waals surface area (Å²) in [4.78, 5) is 26.2. The molecule has 0 atom stereocenters. The van der Waals surface area contributed by atoms with E-state index in [1.807, 2.05) is 95.4 Å². The molecular weight excluding hydrogens is 398 g/mol. The van der Waals surface area contributed by atoms with Gasteiger partial charge in [-0.15, -0.1) is 0 Å². The van der Waals surface area contributed by atoms with Crippen molar-refractivity contribution in [2.75, 3.05) is 6.61 Å². The second-order valence-electron chi connectivity index (χ2n) is 7.55. The van der Waals surface area contributed by atoms with Crippen molar-refractivity contribution in [1.29, 1.82) is 0 Å². The van der Waals surface area contributed by atoms with E-state index in [-0.39, 0.29) is 12.4 Å². The number of ether oxygens (including phenoxy) is 1. The molecule has 4 nitrogen and oxygen atoms in total. The standard InChI is InChI=1S/C28H21NO3/c1-2-32-28(31)23-18-26(29-24-11-7-6-10-21(24)16-17-25(23)29)27(30)22-14-12-20(13-15-22)19-8-4-3-5-9-19/h3-18H,2H2,1H3. The lowest BCUT2D eigenvalue weighted by Gasteiger charge is -2.08. The number of pyridine rings is 1. The van der Waals surface area contributed by atoms with Gasteiger partial charge in [-0.05, 0) is 41.6 Å². The molecule has 4 heteroatoms. The van der Waals surface area contributed by atoms with Crippen LogP contribution < -0.4 is 0 Å². The fourth-order valence-electron chi connectivity index (χ4n) is 4.08. The second kappa shape index (κ2) is 8.16. The van der Waals surface area contributed by atoms with Crippen molar-refractivity contribution < 1.29 is 14.3 Å². The third-order valence-corrected chi connectivity index (χ3v) is 5.62.